The summed E-state index contributed by atoms with van der Waals surface area (Å²) in [7, 11) is 0. The number of aliphatic hydroxyl groups is 1. The Labute approximate surface area is 176 Å². The molecule has 4 aliphatic carbocycles. The Morgan fingerprint density at radius 1 is 1.07 bits per heavy atom. The van der Waals surface area contributed by atoms with Crippen LogP contribution in [0.4, 0.5) is 0 Å². The Morgan fingerprint density at radius 2 is 1.90 bits per heavy atom. The van der Waals surface area contributed by atoms with E-state index in [1.807, 2.05) is 0 Å². The van der Waals surface area contributed by atoms with Crippen LogP contribution in [-0.4, -0.2) is 36.1 Å². The smallest absolute Gasteiger partial charge is 0.141 e. The van der Waals surface area contributed by atoms with Crippen LogP contribution >= 0.6 is 0 Å². The van der Waals surface area contributed by atoms with E-state index >= 15 is 0 Å². The molecule has 0 amide bonds. The highest BCUT2D eigenvalue weighted by atomic mass is 16.6. The Bertz CT molecular complexity index is 722. The van der Waals surface area contributed by atoms with Gasteiger partial charge in [-0.05, 0) is 80.1 Å². The Balaban J connectivity index is 1.42. The fourth-order valence-corrected chi connectivity index (χ4v) is 8.22. The Hall–Kier alpha value is -0.870. The second kappa shape index (κ2) is 6.82. The van der Waals surface area contributed by atoms with Crippen molar-refractivity contribution in [1.82, 2.24) is 5.32 Å². The number of oxime groups is 1. The molecule has 0 bridgehead atoms. The van der Waals surface area contributed by atoms with Gasteiger partial charge in [0.15, 0.2) is 0 Å². The monoisotopic (exact) mass is 400 g/mol. The second-order valence-corrected chi connectivity index (χ2v) is 11.7. The van der Waals surface area contributed by atoms with Crippen molar-refractivity contribution in [3.63, 3.8) is 0 Å². The molecule has 0 aromatic carbocycles. The fourth-order valence-electron chi connectivity index (χ4n) is 8.22. The molecule has 1 heterocycles. The van der Waals surface area contributed by atoms with Crippen molar-refractivity contribution in [2.24, 2.45) is 39.2 Å². The molecule has 5 aliphatic rings. The number of nitrogens with one attached hydrogen (secondary N) is 1. The number of allylic oxidation sites excluding steroid dienone is 2. The van der Waals surface area contributed by atoms with E-state index in [2.05, 4.69) is 39.1 Å². The summed E-state index contributed by atoms with van der Waals surface area (Å²) in [6.45, 7) is 11.6. The predicted molar refractivity (Wildman–Crippen MR) is 117 cm³/mol. The van der Waals surface area contributed by atoms with Gasteiger partial charge in [0, 0.05) is 18.4 Å². The SMILES string of the molecule is CC1(C)C2=CC[C@H]3[C@@H]4CC[C@H](O)[C@@]4(C)CC[C@@H]3[C@@]2(C)CC/C1=N\O[C@H]1CCNC1. The summed E-state index contributed by atoms with van der Waals surface area (Å²) >= 11 is 0. The number of fused-ring (bicyclic) bond motifs is 5. The third kappa shape index (κ3) is 2.88. The highest BCUT2D eigenvalue weighted by molar-refractivity contribution is 5.93. The minimum Gasteiger partial charge on any atom is -0.393 e. The highest BCUT2D eigenvalue weighted by Gasteiger charge is 2.60. The standard InChI is InChI=1S/C25H40N2O2/c1-23(2)20-7-5-17-18-6-8-22(28)25(18,4)12-9-19(17)24(20,3)13-10-21(23)27-29-16-11-14-26-15-16/h7,16-19,22,26,28H,5-6,8-15H2,1-4H3/b27-21+/t16-,17-,18-,19-,22-,24+,25-/m0/s1. The highest BCUT2D eigenvalue weighted by Crippen LogP contribution is 2.66. The van der Waals surface area contributed by atoms with E-state index in [0.29, 0.717) is 5.92 Å². The number of hydrogen-bond donors (Lipinski definition) is 2. The van der Waals surface area contributed by atoms with Crippen LogP contribution < -0.4 is 5.32 Å². The van der Waals surface area contributed by atoms with Gasteiger partial charge < -0.3 is 15.3 Å². The summed E-state index contributed by atoms with van der Waals surface area (Å²) in [5.41, 5.74) is 3.27. The lowest BCUT2D eigenvalue weighted by Gasteiger charge is -2.60. The van der Waals surface area contributed by atoms with Gasteiger partial charge in [0.25, 0.3) is 0 Å². The lowest BCUT2D eigenvalue weighted by molar-refractivity contribution is -0.0671. The van der Waals surface area contributed by atoms with Gasteiger partial charge in [0.2, 0.25) is 0 Å². The Morgan fingerprint density at radius 3 is 2.66 bits per heavy atom. The van der Waals surface area contributed by atoms with Crippen molar-refractivity contribution in [3.8, 4) is 0 Å². The van der Waals surface area contributed by atoms with Gasteiger partial charge in [0.05, 0.1) is 11.8 Å². The first-order valence-electron chi connectivity index (χ1n) is 12.1. The molecule has 2 N–H and O–H groups in total. The molecule has 4 heteroatoms. The molecule has 1 aliphatic heterocycles. The minimum absolute atomic E-state index is 0.0139. The van der Waals surface area contributed by atoms with E-state index in [9.17, 15) is 5.11 Å². The van der Waals surface area contributed by atoms with Crippen molar-refractivity contribution in [1.29, 1.82) is 0 Å². The molecule has 162 valence electrons. The summed E-state index contributed by atoms with van der Waals surface area (Å²) in [6, 6.07) is 0. The van der Waals surface area contributed by atoms with E-state index < -0.39 is 0 Å². The van der Waals surface area contributed by atoms with Gasteiger partial charge in [-0.2, -0.15) is 0 Å². The van der Waals surface area contributed by atoms with Crippen LogP contribution in [0.3, 0.4) is 0 Å². The predicted octanol–water partition coefficient (Wildman–Crippen LogP) is 4.68. The molecule has 29 heavy (non-hydrogen) atoms. The molecule has 3 saturated carbocycles. The van der Waals surface area contributed by atoms with E-state index in [1.165, 1.54) is 37.8 Å². The van der Waals surface area contributed by atoms with Crippen LogP contribution in [0.1, 0.15) is 79.1 Å². The molecular formula is C25H40N2O2. The molecule has 0 aromatic rings. The maximum atomic E-state index is 10.7. The molecule has 0 spiro atoms. The maximum Gasteiger partial charge on any atom is 0.141 e. The average Bonchev–Trinajstić information content (AvgIpc) is 3.29. The van der Waals surface area contributed by atoms with Crippen LogP contribution in [-0.2, 0) is 4.84 Å². The summed E-state index contributed by atoms with van der Waals surface area (Å²) in [4.78, 5) is 5.95. The van der Waals surface area contributed by atoms with Gasteiger partial charge in [-0.15, -0.1) is 0 Å². The first-order valence-corrected chi connectivity index (χ1v) is 12.1. The third-order valence-electron chi connectivity index (χ3n) is 10.0. The quantitative estimate of drug-likeness (QED) is 0.523. The summed E-state index contributed by atoms with van der Waals surface area (Å²) < 4.78 is 0. The zero-order valence-corrected chi connectivity index (χ0v) is 18.8. The van der Waals surface area contributed by atoms with Gasteiger partial charge in [0.1, 0.15) is 6.10 Å². The number of hydrogen-bond acceptors (Lipinski definition) is 4. The zero-order chi connectivity index (χ0) is 20.4. The van der Waals surface area contributed by atoms with E-state index in [1.54, 1.807) is 5.57 Å². The van der Waals surface area contributed by atoms with Crippen molar-refractivity contribution in [2.45, 2.75) is 91.3 Å². The van der Waals surface area contributed by atoms with Crippen LogP contribution in [0.2, 0.25) is 0 Å². The van der Waals surface area contributed by atoms with E-state index in [0.717, 1.165) is 44.2 Å². The molecule has 1 saturated heterocycles. The van der Waals surface area contributed by atoms with Gasteiger partial charge >= 0.3 is 0 Å². The van der Waals surface area contributed by atoms with Crippen molar-refractivity contribution < 1.29 is 9.94 Å². The molecule has 4 nitrogen and oxygen atoms in total. The molecule has 7 atom stereocenters. The van der Waals surface area contributed by atoms with Gasteiger partial charge in [-0.1, -0.05) is 44.5 Å². The zero-order valence-electron chi connectivity index (χ0n) is 18.8. The normalized spacial score (nSPS) is 49.9. The maximum absolute atomic E-state index is 10.7. The molecule has 0 unspecified atom stereocenters. The lowest BCUT2D eigenvalue weighted by Crippen LogP contribution is -2.54. The number of aliphatic hydroxyl groups excluding tert-OH is 1. The second-order valence-electron chi connectivity index (χ2n) is 11.7. The van der Waals surface area contributed by atoms with Gasteiger partial charge in [-0.25, -0.2) is 0 Å². The van der Waals surface area contributed by atoms with Gasteiger partial charge in [-0.3, -0.25) is 0 Å². The third-order valence-corrected chi connectivity index (χ3v) is 10.0. The summed E-state index contributed by atoms with van der Waals surface area (Å²) in [5.74, 6) is 2.20. The first kappa shape index (κ1) is 20.1. The number of nitrogens with zero attached hydrogens (tertiary/aromatic N) is 1. The minimum atomic E-state index is -0.0876. The molecular weight excluding hydrogens is 360 g/mol. The topological polar surface area (TPSA) is 53.9 Å². The van der Waals surface area contributed by atoms with E-state index in [-0.39, 0.29) is 28.5 Å². The summed E-state index contributed by atoms with van der Waals surface area (Å²) in [6.07, 6.45) is 11.9. The molecule has 5 rings (SSSR count). The van der Waals surface area contributed by atoms with Crippen molar-refractivity contribution in [2.75, 3.05) is 13.1 Å². The van der Waals surface area contributed by atoms with Crippen molar-refractivity contribution in [3.05, 3.63) is 11.6 Å². The van der Waals surface area contributed by atoms with Crippen LogP contribution in [0.15, 0.2) is 16.8 Å². The molecule has 0 aromatic heterocycles. The lowest BCUT2D eigenvalue weighted by atomic mass is 9.45. The van der Waals surface area contributed by atoms with Crippen molar-refractivity contribution >= 4 is 5.71 Å². The van der Waals surface area contributed by atoms with Crippen LogP contribution in [0.25, 0.3) is 0 Å². The number of rotatable bonds is 2. The molecule has 4 fully saturated rings. The van der Waals surface area contributed by atoms with Crippen LogP contribution in [0.5, 0.6) is 0 Å². The summed E-state index contributed by atoms with van der Waals surface area (Å²) in [5, 5.41) is 18.8. The molecule has 0 radical (unpaired) electrons. The largest absolute Gasteiger partial charge is 0.393 e. The fraction of sp³-hybridized carbons (Fsp3) is 0.880. The van der Waals surface area contributed by atoms with E-state index in [4.69, 9.17) is 9.99 Å². The average molecular weight is 401 g/mol. The Kier molecular flexibility index (Phi) is 4.71. The first-order chi connectivity index (χ1) is 13.8. The van der Waals surface area contributed by atoms with Crippen LogP contribution in [0, 0.1) is 34.0 Å².